The number of aromatic nitrogens is 1. The molecule has 1 heterocycles. The molecule has 0 saturated carbocycles. The third kappa shape index (κ3) is 4.97. The van der Waals surface area contributed by atoms with Crippen LogP contribution in [-0.4, -0.2) is 41.8 Å². The number of rotatable bonds is 5. The SMILES string of the molecule is CC(C)CC(NC(=O)c1cc(F)cnc1Cl)C(=O)N(C)C. The van der Waals surface area contributed by atoms with Gasteiger partial charge in [-0.2, -0.15) is 0 Å². The van der Waals surface area contributed by atoms with E-state index < -0.39 is 17.8 Å². The van der Waals surface area contributed by atoms with Crippen molar-refractivity contribution in [3.8, 4) is 0 Å². The molecule has 1 N–H and O–H groups in total. The Morgan fingerprint density at radius 3 is 2.57 bits per heavy atom. The Morgan fingerprint density at radius 2 is 2.05 bits per heavy atom. The third-order valence-corrected chi connectivity index (χ3v) is 3.10. The molecule has 5 nitrogen and oxygen atoms in total. The lowest BCUT2D eigenvalue weighted by molar-refractivity contribution is -0.131. The normalized spacial score (nSPS) is 12.1. The molecule has 0 bridgehead atoms. The highest BCUT2D eigenvalue weighted by atomic mass is 35.5. The first-order valence-corrected chi connectivity index (χ1v) is 6.93. The molecule has 0 aliphatic rings. The van der Waals surface area contributed by atoms with Crippen LogP contribution in [0, 0.1) is 11.7 Å². The summed E-state index contributed by atoms with van der Waals surface area (Å²) in [7, 11) is 3.22. The lowest BCUT2D eigenvalue weighted by atomic mass is 10.0. The predicted octanol–water partition coefficient (Wildman–Crippen LogP) is 2.11. The van der Waals surface area contributed by atoms with Gasteiger partial charge in [-0.1, -0.05) is 25.4 Å². The molecule has 0 aliphatic carbocycles. The molecule has 1 rings (SSSR count). The van der Waals surface area contributed by atoms with Crippen LogP contribution >= 0.6 is 11.6 Å². The van der Waals surface area contributed by atoms with Crippen LogP contribution in [0.25, 0.3) is 0 Å². The average molecular weight is 316 g/mol. The Hall–Kier alpha value is -1.69. The maximum atomic E-state index is 13.2. The second kappa shape index (κ2) is 7.36. The minimum absolute atomic E-state index is 0.0861. The Bertz CT molecular complexity index is 535. The van der Waals surface area contributed by atoms with Crippen LogP contribution in [0.1, 0.15) is 30.6 Å². The Balaban J connectivity index is 2.94. The van der Waals surface area contributed by atoms with Crippen molar-refractivity contribution >= 4 is 23.4 Å². The van der Waals surface area contributed by atoms with Crippen molar-refractivity contribution in [2.75, 3.05) is 14.1 Å². The first kappa shape index (κ1) is 17.4. The van der Waals surface area contributed by atoms with Crippen molar-refractivity contribution in [1.29, 1.82) is 0 Å². The summed E-state index contributed by atoms with van der Waals surface area (Å²) in [6.07, 6.45) is 1.40. The molecule has 0 aromatic carbocycles. The van der Waals surface area contributed by atoms with Crippen LogP contribution < -0.4 is 5.32 Å². The van der Waals surface area contributed by atoms with E-state index in [1.165, 1.54) is 4.90 Å². The van der Waals surface area contributed by atoms with Crippen molar-refractivity contribution in [3.63, 3.8) is 0 Å². The lowest BCUT2D eigenvalue weighted by Gasteiger charge is -2.23. The molecule has 21 heavy (non-hydrogen) atoms. The van der Waals surface area contributed by atoms with Crippen molar-refractivity contribution in [2.45, 2.75) is 26.3 Å². The summed E-state index contributed by atoms with van der Waals surface area (Å²) in [4.78, 5) is 29.2. The van der Waals surface area contributed by atoms with Gasteiger partial charge >= 0.3 is 0 Å². The van der Waals surface area contributed by atoms with Gasteiger partial charge in [-0.25, -0.2) is 9.37 Å². The zero-order chi connectivity index (χ0) is 16.2. The maximum absolute atomic E-state index is 13.2. The Morgan fingerprint density at radius 1 is 1.43 bits per heavy atom. The third-order valence-electron chi connectivity index (χ3n) is 2.80. The summed E-state index contributed by atoms with van der Waals surface area (Å²) in [6.45, 7) is 3.89. The number of hydrogen-bond acceptors (Lipinski definition) is 3. The molecule has 0 spiro atoms. The minimum Gasteiger partial charge on any atom is -0.347 e. The van der Waals surface area contributed by atoms with E-state index in [4.69, 9.17) is 11.6 Å². The predicted molar refractivity (Wildman–Crippen MR) is 78.6 cm³/mol. The molecule has 0 fully saturated rings. The number of hydrogen-bond donors (Lipinski definition) is 1. The molecule has 116 valence electrons. The number of likely N-dealkylation sites (N-methyl/N-ethyl adjacent to an activating group) is 1. The first-order chi connectivity index (χ1) is 9.72. The maximum Gasteiger partial charge on any atom is 0.255 e. The van der Waals surface area contributed by atoms with Crippen molar-refractivity contribution in [2.24, 2.45) is 5.92 Å². The lowest BCUT2D eigenvalue weighted by Crippen LogP contribution is -2.47. The van der Waals surface area contributed by atoms with E-state index in [1.54, 1.807) is 14.1 Å². The number of nitrogens with one attached hydrogen (secondary N) is 1. The van der Waals surface area contributed by atoms with Gasteiger partial charge in [0.2, 0.25) is 5.91 Å². The fourth-order valence-corrected chi connectivity index (χ4v) is 2.01. The molecule has 1 unspecified atom stereocenters. The topological polar surface area (TPSA) is 62.3 Å². The van der Waals surface area contributed by atoms with Gasteiger partial charge in [0, 0.05) is 14.1 Å². The van der Waals surface area contributed by atoms with E-state index in [1.807, 2.05) is 13.8 Å². The van der Waals surface area contributed by atoms with Crippen LogP contribution in [0.15, 0.2) is 12.3 Å². The van der Waals surface area contributed by atoms with E-state index in [0.29, 0.717) is 6.42 Å². The summed E-state index contributed by atoms with van der Waals surface area (Å²) in [5.41, 5.74) is -0.0861. The highest BCUT2D eigenvalue weighted by Gasteiger charge is 2.25. The molecule has 1 aromatic heterocycles. The fourth-order valence-electron chi connectivity index (χ4n) is 1.82. The zero-order valence-electron chi connectivity index (χ0n) is 12.5. The van der Waals surface area contributed by atoms with Crippen LogP contribution in [0.4, 0.5) is 4.39 Å². The highest BCUT2D eigenvalue weighted by Crippen LogP contribution is 2.15. The van der Waals surface area contributed by atoms with Crippen LogP contribution in [0.5, 0.6) is 0 Å². The summed E-state index contributed by atoms with van der Waals surface area (Å²) in [6, 6.07) is 0.309. The number of amides is 2. The van der Waals surface area contributed by atoms with Crippen molar-refractivity contribution < 1.29 is 14.0 Å². The van der Waals surface area contributed by atoms with Crippen LogP contribution in [-0.2, 0) is 4.79 Å². The van der Waals surface area contributed by atoms with Gasteiger partial charge in [0.15, 0.2) is 0 Å². The second-order valence-corrected chi connectivity index (χ2v) is 5.74. The van der Waals surface area contributed by atoms with Gasteiger partial charge in [0.05, 0.1) is 11.8 Å². The molecule has 0 aliphatic heterocycles. The molecule has 1 aromatic rings. The molecule has 2 amide bonds. The number of pyridine rings is 1. The van der Waals surface area contributed by atoms with Gasteiger partial charge in [-0.15, -0.1) is 0 Å². The number of carbonyl (C=O) groups excluding carboxylic acids is 2. The van der Waals surface area contributed by atoms with Crippen LogP contribution in [0.3, 0.4) is 0 Å². The number of halogens is 2. The van der Waals surface area contributed by atoms with Gasteiger partial charge in [0.1, 0.15) is 17.0 Å². The molecular weight excluding hydrogens is 297 g/mol. The molecular formula is C14H19ClFN3O2. The van der Waals surface area contributed by atoms with Crippen molar-refractivity contribution in [1.82, 2.24) is 15.2 Å². The summed E-state index contributed by atoms with van der Waals surface area (Å²) < 4.78 is 13.2. The summed E-state index contributed by atoms with van der Waals surface area (Å²) >= 11 is 5.79. The largest absolute Gasteiger partial charge is 0.347 e. The van der Waals surface area contributed by atoms with Gasteiger partial charge < -0.3 is 10.2 Å². The standard InChI is InChI=1S/C14H19ClFN3O2/c1-8(2)5-11(14(21)19(3)4)18-13(20)10-6-9(16)7-17-12(10)15/h6-8,11H,5H2,1-4H3,(H,18,20). The van der Waals surface area contributed by atoms with Crippen molar-refractivity contribution in [3.05, 3.63) is 28.8 Å². The summed E-state index contributed by atoms with van der Waals surface area (Å²) in [5.74, 6) is -1.30. The summed E-state index contributed by atoms with van der Waals surface area (Å²) in [5, 5.41) is 2.49. The van der Waals surface area contributed by atoms with Gasteiger partial charge in [0.25, 0.3) is 5.91 Å². The Kier molecular flexibility index (Phi) is 6.08. The highest BCUT2D eigenvalue weighted by molar-refractivity contribution is 6.32. The monoisotopic (exact) mass is 315 g/mol. The van der Waals surface area contributed by atoms with Crippen LogP contribution in [0.2, 0.25) is 5.15 Å². The molecule has 0 saturated heterocycles. The fraction of sp³-hybridized carbons (Fsp3) is 0.500. The second-order valence-electron chi connectivity index (χ2n) is 5.38. The number of carbonyl (C=O) groups is 2. The minimum atomic E-state index is -0.688. The van der Waals surface area contributed by atoms with Gasteiger partial charge in [-0.05, 0) is 18.4 Å². The zero-order valence-corrected chi connectivity index (χ0v) is 13.2. The van der Waals surface area contributed by atoms with E-state index in [2.05, 4.69) is 10.3 Å². The van der Waals surface area contributed by atoms with E-state index in [-0.39, 0.29) is 22.5 Å². The molecule has 1 atom stereocenters. The first-order valence-electron chi connectivity index (χ1n) is 6.55. The average Bonchev–Trinajstić information content (AvgIpc) is 2.39. The number of nitrogens with zero attached hydrogens (tertiary/aromatic N) is 2. The smallest absolute Gasteiger partial charge is 0.255 e. The van der Waals surface area contributed by atoms with E-state index in [0.717, 1.165) is 12.3 Å². The Labute approximate surface area is 128 Å². The quantitative estimate of drug-likeness (QED) is 0.846. The van der Waals surface area contributed by atoms with Gasteiger partial charge in [-0.3, -0.25) is 9.59 Å². The van der Waals surface area contributed by atoms with E-state index in [9.17, 15) is 14.0 Å². The van der Waals surface area contributed by atoms with E-state index >= 15 is 0 Å². The molecule has 7 heteroatoms. The molecule has 0 radical (unpaired) electrons.